The van der Waals surface area contributed by atoms with Gasteiger partial charge in [-0.2, -0.15) is 0 Å². The van der Waals surface area contributed by atoms with Crippen LogP contribution in [-0.4, -0.2) is 55.6 Å². The Balaban J connectivity index is 2.57. The molecule has 1 amide bonds. The number of methoxy groups -OCH3 is 1. The van der Waals surface area contributed by atoms with E-state index >= 15 is 0 Å². The highest BCUT2D eigenvalue weighted by atomic mass is 35.5. The molecule has 0 N–H and O–H groups in total. The molecular formula is C9H14ClNO4. The molecule has 1 aliphatic rings. The molecule has 1 heterocycles. The first-order chi connectivity index (χ1) is 7.19. The van der Waals surface area contributed by atoms with Crippen LogP contribution in [0.25, 0.3) is 0 Å². The van der Waals surface area contributed by atoms with Gasteiger partial charge >= 0.3 is 6.09 Å². The van der Waals surface area contributed by atoms with E-state index in [1.54, 1.807) is 0 Å². The van der Waals surface area contributed by atoms with Crippen LogP contribution in [0.1, 0.15) is 6.42 Å². The third-order valence-corrected chi connectivity index (χ3v) is 2.55. The first kappa shape index (κ1) is 12.3. The van der Waals surface area contributed by atoms with Crippen LogP contribution in [0, 0.1) is 0 Å². The minimum atomic E-state index is -0.425. The molecule has 0 radical (unpaired) electrons. The van der Waals surface area contributed by atoms with E-state index in [0.29, 0.717) is 19.8 Å². The van der Waals surface area contributed by atoms with Gasteiger partial charge in [0.1, 0.15) is 5.78 Å². The third-order valence-electron chi connectivity index (χ3n) is 2.25. The second kappa shape index (κ2) is 5.92. The van der Waals surface area contributed by atoms with E-state index in [9.17, 15) is 9.59 Å². The monoisotopic (exact) mass is 235 g/mol. The number of ether oxygens (including phenoxy) is 2. The Hall–Kier alpha value is -0.810. The molecule has 0 aromatic rings. The lowest BCUT2D eigenvalue weighted by atomic mass is 10.1. The van der Waals surface area contributed by atoms with Gasteiger partial charge in [-0.3, -0.25) is 4.79 Å². The second-order valence-corrected chi connectivity index (χ2v) is 3.54. The number of Topliss-reactive ketones (excluding diaryl/α,β-unsaturated/α-hetero) is 1. The van der Waals surface area contributed by atoms with Gasteiger partial charge in [0.25, 0.3) is 0 Å². The van der Waals surface area contributed by atoms with Gasteiger partial charge in [0, 0.05) is 13.0 Å². The van der Waals surface area contributed by atoms with Crippen LogP contribution in [-0.2, 0) is 14.3 Å². The average molecular weight is 236 g/mol. The van der Waals surface area contributed by atoms with E-state index in [4.69, 9.17) is 16.3 Å². The van der Waals surface area contributed by atoms with Crippen LogP contribution in [0.4, 0.5) is 4.79 Å². The lowest BCUT2D eigenvalue weighted by molar-refractivity contribution is -0.119. The van der Waals surface area contributed by atoms with Gasteiger partial charge in [-0.05, 0) is 0 Å². The Bertz CT molecular complexity index is 246. The molecule has 15 heavy (non-hydrogen) atoms. The average Bonchev–Trinajstić information content (AvgIpc) is 2.28. The van der Waals surface area contributed by atoms with Crippen molar-refractivity contribution in [3.8, 4) is 0 Å². The summed E-state index contributed by atoms with van der Waals surface area (Å²) in [5, 5.41) is 0. The number of morpholine rings is 1. The van der Waals surface area contributed by atoms with Crippen molar-refractivity contribution in [2.24, 2.45) is 0 Å². The quantitative estimate of drug-likeness (QED) is 0.674. The summed E-state index contributed by atoms with van der Waals surface area (Å²) >= 11 is 5.41. The molecule has 1 rings (SSSR count). The molecular weight excluding hydrogens is 222 g/mol. The molecule has 0 saturated carbocycles. The number of carbonyl (C=O) groups is 2. The predicted molar refractivity (Wildman–Crippen MR) is 54.1 cm³/mol. The number of amides is 1. The summed E-state index contributed by atoms with van der Waals surface area (Å²) < 4.78 is 9.83. The Morgan fingerprint density at radius 2 is 2.33 bits per heavy atom. The first-order valence-corrected chi connectivity index (χ1v) is 5.22. The normalized spacial score (nSPS) is 21.2. The number of ketones is 1. The van der Waals surface area contributed by atoms with Crippen molar-refractivity contribution < 1.29 is 19.1 Å². The second-order valence-electron chi connectivity index (χ2n) is 3.27. The summed E-state index contributed by atoms with van der Waals surface area (Å²) in [7, 11) is 1.32. The zero-order valence-corrected chi connectivity index (χ0v) is 9.33. The van der Waals surface area contributed by atoms with Crippen LogP contribution >= 0.6 is 11.6 Å². The van der Waals surface area contributed by atoms with Crippen molar-refractivity contribution in [1.82, 2.24) is 4.90 Å². The van der Waals surface area contributed by atoms with Crippen LogP contribution in [0.15, 0.2) is 0 Å². The molecule has 86 valence electrons. The summed E-state index contributed by atoms with van der Waals surface area (Å²) in [6, 6.07) is -0.252. The van der Waals surface area contributed by atoms with Gasteiger partial charge in [0.2, 0.25) is 0 Å². The van der Waals surface area contributed by atoms with Crippen LogP contribution in [0.3, 0.4) is 0 Å². The molecule has 5 nitrogen and oxygen atoms in total. The molecule has 0 aromatic heterocycles. The highest BCUT2D eigenvalue weighted by molar-refractivity contribution is 6.27. The van der Waals surface area contributed by atoms with Crippen molar-refractivity contribution in [2.45, 2.75) is 12.5 Å². The Morgan fingerprint density at radius 1 is 1.60 bits per heavy atom. The maximum atomic E-state index is 11.4. The van der Waals surface area contributed by atoms with Crippen molar-refractivity contribution >= 4 is 23.5 Å². The van der Waals surface area contributed by atoms with E-state index in [2.05, 4.69) is 4.74 Å². The van der Waals surface area contributed by atoms with Crippen molar-refractivity contribution in [3.05, 3.63) is 0 Å². The summed E-state index contributed by atoms with van der Waals surface area (Å²) in [6.45, 7) is 1.28. The van der Waals surface area contributed by atoms with E-state index in [-0.39, 0.29) is 24.1 Å². The third kappa shape index (κ3) is 3.35. The van der Waals surface area contributed by atoms with Gasteiger partial charge in [-0.15, -0.1) is 11.6 Å². The fourth-order valence-corrected chi connectivity index (χ4v) is 1.61. The van der Waals surface area contributed by atoms with Crippen LogP contribution in [0.5, 0.6) is 0 Å². The Labute approximate surface area is 93.3 Å². The molecule has 6 heteroatoms. The first-order valence-electron chi connectivity index (χ1n) is 4.69. The molecule has 0 aromatic carbocycles. The molecule has 1 saturated heterocycles. The summed E-state index contributed by atoms with van der Waals surface area (Å²) in [4.78, 5) is 24.0. The smallest absolute Gasteiger partial charge is 0.409 e. The fourth-order valence-electron chi connectivity index (χ4n) is 1.50. The van der Waals surface area contributed by atoms with E-state index < -0.39 is 6.09 Å². The predicted octanol–water partition coefficient (Wildman–Crippen LogP) is 0.652. The van der Waals surface area contributed by atoms with Gasteiger partial charge in [0.15, 0.2) is 0 Å². The van der Waals surface area contributed by atoms with Crippen molar-refractivity contribution in [2.75, 3.05) is 32.7 Å². The zero-order valence-electron chi connectivity index (χ0n) is 8.57. The van der Waals surface area contributed by atoms with E-state index in [0.717, 1.165) is 0 Å². The topological polar surface area (TPSA) is 55.8 Å². The number of alkyl halides is 1. The molecule has 1 unspecified atom stereocenters. The largest absolute Gasteiger partial charge is 0.453 e. The number of halogens is 1. The molecule has 0 spiro atoms. The lowest BCUT2D eigenvalue weighted by Crippen LogP contribution is -2.49. The number of hydrogen-bond donors (Lipinski definition) is 0. The molecule has 0 bridgehead atoms. The standard InChI is InChI=1S/C9H14ClNO4/c1-14-9(13)11-2-3-15-6-7(11)4-8(12)5-10/h7H,2-6H2,1H3. The summed E-state index contributed by atoms with van der Waals surface area (Å²) in [5.74, 6) is -0.132. The van der Waals surface area contributed by atoms with Gasteiger partial charge in [-0.25, -0.2) is 4.79 Å². The van der Waals surface area contributed by atoms with Crippen molar-refractivity contribution in [3.63, 3.8) is 0 Å². The summed E-state index contributed by atoms with van der Waals surface area (Å²) in [6.07, 6.45) is -0.204. The molecule has 1 atom stereocenters. The minimum Gasteiger partial charge on any atom is -0.453 e. The van der Waals surface area contributed by atoms with E-state index in [1.807, 2.05) is 0 Å². The minimum absolute atomic E-state index is 0.0362. The SMILES string of the molecule is COC(=O)N1CCOCC1CC(=O)CCl. The lowest BCUT2D eigenvalue weighted by Gasteiger charge is -2.33. The molecule has 1 aliphatic heterocycles. The molecule has 1 fully saturated rings. The maximum Gasteiger partial charge on any atom is 0.409 e. The number of hydrogen-bond acceptors (Lipinski definition) is 4. The van der Waals surface area contributed by atoms with E-state index in [1.165, 1.54) is 12.0 Å². The number of carbonyl (C=O) groups excluding carboxylic acids is 2. The number of rotatable bonds is 3. The molecule has 0 aliphatic carbocycles. The van der Waals surface area contributed by atoms with Crippen molar-refractivity contribution in [1.29, 1.82) is 0 Å². The van der Waals surface area contributed by atoms with Crippen LogP contribution in [0.2, 0.25) is 0 Å². The number of nitrogens with zero attached hydrogens (tertiary/aromatic N) is 1. The summed E-state index contributed by atoms with van der Waals surface area (Å²) in [5.41, 5.74) is 0. The Morgan fingerprint density at radius 3 is 2.93 bits per heavy atom. The van der Waals surface area contributed by atoms with Gasteiger partial charge < -0.3 is 14.4 Å². The maximum absolute atomic E-state index is 11.4. The Kier molecular flexibility index (Phi) is 4.84. The van der Waals surface area contributed by atoms with Gasteiger partial charge in [-0.1, -0.05) is 0 Å². The fraction of sp³-hybridized carbons (Fsp3) is 0.778. The highest BCUT2D eigenvalue weighted by Crippen LogP contribution is 2.12. The zero-order chi connectivity index (χ0) is 11.3. The highest BCUT2D eigenvalue weighted by Gasteiger charge is 2.29. The van der Waals surface area contributed by atoms with Crippen LogP contribution < -0.4 is 0 Å². The van der Waals surface area contributed by atoms with Gasteiger partial charge in [0.05, 0.1) is 32.2 Å².